The van der Waals surface area contributed by atoms with Crippen LogP contribution in [-0.4, -0.2) is 16.2 Å². The Morgan fingerprint density at radius 3 is 2.72 bits per heavy atom. The summed E-state index contributed by atoms with van der Waals surface area (Å²) in [6.45, 7) is 3.90. The Morgan fingerprint density at radius 2 is 2.11 bits per heavy atom. The van der Waals surface area contributed by atoms with Gasteiger partial charge in [-0.05, 0) is 18.9 Å². The first-order chi connectivity index (χ1) is 8.65. The Hall–Kier alpha value is -2.10. The van der Waals surface area contributed by atoms with Crippen molar-refractivity contribution in [3.05, 3.63) is 41.2 Å². The summed E-state index contributed by atoms with van der Waals surface area (Å²) in [6.07, 6.45) is 1.41. The molecule has 0 aliphatic rings. The highest BCUT2D eigenvalue weighted by molar-refractivity contribution is 5.96. The maximum absolute atomic E-state index is 11.4. The summed E-state index contributed by atoms with van der Waals surface area (Å²) in [5.41, 5.74) is 2.40. The number of nitrogens with zero attached hydrogens (tertiary/aromatic N) is 1. The summed E-state index contributed by atoms with van der Waals surface area (Å²) in [5.74, 6) is -0.541. The van der Waals surface area contributed by atoms with E-state index in [4.69, 9.17) is 4.52 Å². The van der Waals surface area contributed by atoms with E-state index in [9.17, 15) is 9.90 Å². The lowest BCUT2D eigenvalue weighted by atomic mass is 10.0. The van der Waals surface area contributed by atoms with Gasteiger partial charge in [-0.3, -0.25) is 0 Å². The minimum absolute atomic E-state index is 0.186. The highest BCUT2D eigenvalue weighted by atomic mass is 16.5. The molecule has 0 bridgehead atoms. The van der Waals surface area contributed by atoms with E-state index in [-0.39, 0.29) is 5.56 Å². The molecule has 1 aromatic carbocycles. The van der Waals surface area contributed by atoms with Crippen LogP contribution in [-0.2, 0) is 6.42 Å². The van der Waals surface area contributed by atoms with Crippen molar-refractivity contribution in [1.82, 2.24) is 5.16 Å². The molecular formula is C14H15NO3. The van der Waals surface area contributed by atoms with Crippen LogP contribution < -0.4 is 0 Å². The monoisotopic (exact) mass is 245 g/mol. The van der Waals surface area contributed by atoms with Gasteiger partial charge < -0.3 is 9.63 Å². The van der Waals surface area contributed by atoms with Gasteiger partial charge in [0.25, 0.3) is 0 Å². The summed E-state index contributed by atoms with van der Waals surface area (Å²) in [7, 11) is 0. The second-order valence-electron chi connectivity index (χ2n) is 4.20. The maximum atomic E-state index is 11.4. The number of benzene rings is 1. The Morgan fingerprint density at radius 1 is 1.39 bits per heavy atom. The van der Waals surface area contributed by atoms with Crippen molar-refractivity contribution in [3.63, 3.8) is 0 Å². The minimum Gasteiger partial charge on any atom is -0.477 e. The maximum Gasteiger partial charge on any atom is 0.341 e. The fraction of sp³-hybridized carbons (Fsp3) is 0.286. The van der Waals surface area contributed by atoms with E-state index in [0.717, 1.165) is 17.5 Å². The molecule has 4 heteroatoms. The second-order valence-corrected chi connectivity index (χ2v) is 4.20. The number of carboxylic acids is 1. The zero-order chi connectivity index (χ0) is 13.1. The molecule has 4 nitrogen and oxygen atoms in total. The van der Waals surface area contributed by atoms with Gasteiger partial charge >= 0.3 is 5.97 Å². The molecule has 0 saturated heterocycles. The molecule has 1 heterocycles. The van der Waals surface area contributed by atoms with Gasteiger partial charge in [0.15, 0.2) is 5.76 Å². The number of aromatic carboxylic acids is 1. The van der Waals surface area contributed by atoms with E-state index in [1.54, 1.807) is 0 Å². The van der Waals surface area contributed by atoms with Crippen molar-refractivity contribution < 1.29 is 14.4 Å². The van der Waals surface area contributed by atoms with Gasteiger partial charge in [0, 0.05) is 12.0 Å². The van der Waals surface area contributed by atoms with E-state index in [1.165, 1.54) is 0 Å². The van der Waals surface area contributed by atoms with Crippen LogP contribution in [0.4, 0.5) is 0 Å². The third-order valence-electron chi connectivity index (χ3n) is 2.85. The van der Waals surface area contributed by atoms with Crippen molar-refractivity contribution in [3.8, 4) is 11.3 Å². The normalized spacial score (nSPS) is 10.6. The average molecular weight is 245 g/mol. The third kappa shape index (κ3) is 2.14. The van der Waals surface area contributed by atoms with Crippen LogP contribution in [0.15, 0.2) is 28.8 Å². The van der Waals surface area contributed by atoms with E-state index in [0.29, 0.717) is 17.9 Å². The summed E-state index contributed by atoms with van der Waals surface area (Å²) < 4.78 is 5.18. The van der Waals surface area contributed by atoms with Crippen molar-refractivity contribution >= 4 is 5.97 Å². The first-order valence-electron chi connectivity index (χ1n) is 5.93. The lowest BCUT2D eigenvalue weighted by Gasteiger charge is -2.02. The number of aryl methyl sites for hydroxylation is 2. The minimum atomic E-state index is -0.988. The molecule has 18 heavy (non-hydrogen) atoms. The quantitative estimate of drug-likeness (QED) is 0.897. The molecule has 0 fully saturated rings. The van der Waals surface area contributed by atoms with Gasteiger partial charge in [-0.1, -0.05) is 36.3 Å². The fourth-order valence-electron chi connectivity index (χ4n) is 1.96. The first kappa shape index (κ1) is 12.4. The predicted octanol–water partition coefficient (Wildman–Crippen LogP) is 3.30. The van der Waals surface area contributed by atoms with Gasteiger partial charge in [-0.2, -0.15) is 0 Å². The molecule has 2 aromatic rings. The Bertz CT molecular complexity index is 572. The Balaban J connectivity index is 2.58. The first-order valence-corrected chi connectivity index (χ1v) is 5.93. The molecule has 0 radical (unpaired) electrons. The topological polar surface area (TPSA) is 63.3 Å². The molecule has 0 aliphatic carbocycles. The second kappa shape index (κ2) is 5.04. The molecule has 1 N–H and O–H groups in total. The van der Waals surface area contributed by atoms with Crippen LogP contribution in [0.5, 0.6) is 0 Å². The van der Waals surface area contributed by atoms with Gasteiger partial charge in [0.2, 0.25) is 0 Å². The van der Waals surface area contributed by atoms with Crippen LogP contribution in [0.3, 0.4) is 0 Å². The van der Waals surface area contributed by atoms with E-state index >= 15 is 0 Å². The number of hydrogen-bond acceptors (Lipinski definition) is 3. The summed E-state index contributed by atoms with van der Waals surface area (Å²) in [4.78, 5) is 11.4. The van der Waals surface area contributed by atoms with Gasteiger partial charge in [-0.25, -0.2) is 4.79 Å². The predicted molar refractivity (Wildman–Crippen MR) is 67.6 cm³/mol. The molecule has 94 valence electrons. The number of hydrogen-bond donors (Lipinski definition) is 1. The van der Waals surface area contributed by atoms with Crippen molar-refractivity contribution in [2.45, 2.75) is 26.7 Å². The van der Waals surface area contributed by atoms with Crippen LogP contribution >= 0.6 is 0 Å². The largest absolute Gasteiger partial charge is 0.477 e. The Labute approximate surface area is 105 Å². The van der Waals surface area contributed by atoms with Crippen molar-refractivity contribution in [2.24, 2.45) is 0 Å². The van der Waals surface area contributed by atoms with Crippen LogP contribution in [0.1, 0.15) is 35.0 Å². The zero-order valence-corrected chi connectivity index (χ0v) is 10.4. The Kier molecular flexibility index (Phi) is 3.46. The van der Waals surface area contributed by atoms with Crippen LogP contribution in [0, 0.1) is 6.92 Å². The highest BCUT2D eigenvalue weighted by Gasteiger charge is 2.23. The van der Waals surface area contributed by atoms with E-state index < -0.39 is 5.97 Å². The summed E-state index contributed by atoms with van der Waals surface area (Å²) in [5, 5.41) is 13.2. The smallest absolute Gasteiger partial charge is 0.341 e. The third-order valence-corrected chi connectivity index (χ3v) is 2.85. The van der Waals surface area contributed by atoms with E-state index in [1.807, 2.05) is 38.1 Å². The summed E-state index contributed by atoms with van der Waals surface area (Å²) in [6, 6.07) is 7.55. The standard InChI is InChI=1S/C14H15NO3/c1-3-6-11-12(14(16)17)13(15-18-11)10-8-5-4-7-9(10)2/h4-5,7-8H,3,6H2,1-2H3,(H,16,17). The molecule has 0 aliphatic heterocycles. The lowest BCUT2D eigenvalue weighted by Crippen LogP contribution is -2.02. The number of carboxylic acid groups (broad SMARTS) is 1. The van der Waals surface area contributed by atoms with Crippen molar-refractivity contribution in [1.29, 1.82) is 0 Å². The zero-order valence-electron chi connectivity index (χ0n) is 10.4. The van der Waals surface area contributed by atoms with Gasteiger partial charge in [-0.15, -0.1) is 0 Å². The van der Waals surface area contributed by atoms with E-state index in [2.05, 4.69) is 5.16 Å². The average Bonchev–Trinajstić information content (AvgIpc) is 2.74. The van der Waals surface area contributed by atoms with Crippen LogP contribution in [0.2, 0.25) is 0 Å². The highest BCUT2D eigenvalue weighted by Crippen LogP contribution is 2.28. The molecule has 0 spiro atoms. The number of aromatic nitrogens is 1. The fourth-order valence-corrected chi connectivity index (χ4v) is 1.96. The SMILES string of the molecule is CCCc1onc(-c2ccccc2C)c1C(=O)O. The van der Waals surface area contributed by atoms with Crippen molar-refractivity contribution in [2.75, 3.05) is 0 Å². The molecule has 0 atom stereocenters. The molecule has 0 saturated carbocycles. The molecule has 0 unspecified atom stereocenters. The number of rotatable bonds is 4. The molecular weight excluding hydrogens is 230 g/mol. The van der Waals surface area contributed by atoms with Gasteiger partial charge in [0.1, 0.15) is 11.3 Å². The molecule has 0 amide bonds. The summed E-state index contributed by atoms with van der Waals surface area (Å²) >= 11 is 0. The van der Waals surface area contributed by atoms with Gasteiger partial charge in [0.05, 0.1) is 0 Å². The lowest BCUT2D eigenvalue weighted by molar-refractivity contribution is 0.0695. The molecule has 1 aromatic heterocycles. The van der Waals surface area contributed by atoms with Crippen LogP contribution in [0.25, 0.3) is 11.3 Å². The number of carbonyl (C=O) groups is 1. The molecule has 2 rings (SSSR count).